The Morgan fingerprint density at radius 3 is 1.94 bits per heavy atom. The Balaban J connectivity index is 1.26. The minimum absolute atomic E-state index is 0.00647. The molecule has 0 amide bonds. The Morgan fingerprint density at radius 1 is 0.667 bits per heavy atom. The van der Waals surface area contributed by atoms with E-state index in [4.69, 9.17) is 9.73 Å². The zero-order valence-corrected chi connectivity index (χ0v) is 17.9. The predicted octanol–water partition coefficient (Wildman–Crippen LogP) is 5.83. The van der Waals surface area contributed by atoms with Crippen molar-refractivity contribution in [1.82, 2.24) is 4.90 Å². The molecule has 6 rings (SSSR count). The predicted molar refractivity (Wildman–Crippen MR) is 128 cm³/mol. The van der Waals surface area contributed by atoms with Crippen LogP contribution in [0.3, 0.4) is 0 Å². The minimum Gasteiger partial charge on any atom is -0.423 e. The summed E-state index contributed by atoms with van der Waals surface area (Å²) in [5, 5.41) is 0. The van der Waals surface area contributed by atoms with Gasteiger partial charge in [-0.15, -0.1) is 0 Å². The van der Waals surface area contributed by atoms with E-state index in [0.717, 1.165) is 5.71 Å². The number of hydrogen-bond acceptors (Lipinski definition) is 4. The minimum atomic E-state index is -0.349. The number of aliphatic imine (C=N–C) groups is 1. The molecule has 160 valence electrons. The van der Waals surface area contributed by atoms with E-state index < -0.39 is 0 Å². The van der Waals surface area contributed by atoms with Crippen molar-refractivity contribution in [3.8, 4) is 5.75 Å². The number of rotatable bonds is 5. The van der Waals surface area contributed by atoms with Crippen LogP contribution in [-0.4, -0.2) is 22.6 Å². The maximum atomic E-state index is 12.4. The number of benzene rings is 4. The fourth-order valence-corrected chi connectivity index (χ4v) is 4.67. The summed E-state index contributed by atoms with van der Waals surface area (Å²) in [7, 11) is 0. The third-order valence-corrected chi connectivity index (χ3v) is 6.28. The molecule has 2 heterocycles. The molecule has 2 aliphatic heterocycles. The number of nitrogens with zero attached hydrogens (tertiary/aromatic N) is 2. The molecule has 0 radical (unpaired) electrons. The molecular weight excluding hydrogens is 408 g/mol. The highest BCUT2D eigenvalue weighted by molar-refractivity contribution is 6.08. The molecule has 1 fully saturated rings. The van der Waals surface area contributed by atoms with Crippen molar-refractivity contribution in [1.29, 1.82) is 0 Å². The lowest BCUT2D eigenvalue weighted by Gasteiger charge is -2.14. The molecule has 0 aromatic heterocycles. The second kappa shape index (κ2) is 8.15. The van der Waals surface area contributed by atoms with Crippen LogP contribution in [0, 0.1) is 0 Å². The fourth-order valence-electron chi connectivity index (χ4n) is 4.67. The largest absolute Gasteiger partial charge is 0.423 e. The van der Waals surface area contributed by atoms with Crippen LogP contribution in [0.2, 0.25) is 0 Å². The lowest BCUT2D eigenvalue weighted by Crippen LogP contribution is -2.09. The molecular formula is C29H22N2O2. The molecule has 0 N–H and O–H groups in total. The molecule has 0 saturated carbocycles. The molecule has 4 heteroatoms. The van der Waals surface area contributed by atoms with E-state index in [0.29, 0.717) is 11.3 Å². The summed E-state index contributed by atoms with van der Waals surface area (Å²) >= 11 is 0. The number of carbonyl (C=O) groups is 1. The Kier molecular flexibility index (Phi) is 4.85. The Hall–Kier alpha value is -4.02. The summed E-state index contributed by atoms with van der Waals surface area (Å²) in [6.07, 6.45) is 0.00647. The van der Waals surface area contributed by atoms with Crippen molar-refractivity contribution in [2.24, 2.45) is 4.99 Å². The van der Waals surface area contributed by atoms with Crippen molar-refractivity contribution >= 4 is 11.7 Å². The van der Waals surface area contributed by atoms with E-state index in [-0.39, 0.29) is 24.2 Å². The van der Waals surface area contributed by atoms with Gasteiger partial charge >= 0.3 is 5.97 Å². The van der Waals surface area contributed by atoms with Crippen molar-refractivity contribution in [2.45, 2.75) is 18.2 Å². The molecule has 0 aliphatic carbocycles. The Bertz CT molecular complexity index is 1300. The van der Waals surface area contributed by atoms with Gasteiger partial charge in [-0.3, -0.25) is 9.89 Å². The van der Waals surface area contributed by atoms with Gasteiger partial charge in [-0.25, -0.2) is 4.79 Å². The van der Waals surface area contributed by atoms with E-state index in [1.54, 1.807) is 12.1 Å². The van der Waals surface area contributed by atoms with E-state index in [1.165, 1.54) is 16.7 Å². The molecule has 0 bridgehead atoms. The third kappa shape index (κ3) is 3.65. The van der Waals surface area contributed by atoms with E-state index in [1.807, 2.05) is 42.5 Å². The highest BCUT2D eigenvalue weighted by Crippen LogP contribution is 2.55. The second-order valence-electron chi connectivity index (χ2n) is 8.33. The first-order chi connectivity index (χ1) is 16.3. The summed E-state index contributed by atoms with van der Waals surface area (Å²) in [4.78, 5) is 19.9. The van der Waals surface area contributed by atoms with Crippen LogP contribution in [0.25, 0.3) is 0 Å². The average molecular weight is 431 g/mol. The molecule has 2 aliphatic rings. The number of hydrogen-bond donors (Lipinski definition) is 0. The number of carbonyl (C=O) groups excluding carboxylic acids is 1. The van der Waals surface area contributed by atoms with E-state index >= 15 is 0 Å². The summed E-state index contributed by atoms with van der Waals surface area (Å²) in [5.74, 6) is 0.197. The van der Waals surface area contributed by atoms with Gasteiger partial charge in [-0.2, -0.15) is 0 Å². The summed E-state index contributed by atoms with van der Waals surface area (Å²) in [6.45, 7) is 0. The van der Waals surface area contributed by atoms with Crippen molar-refractivity contribution in [3.63, 3.8) is 0 Å². The van der Waals surface area contributed by atoms with Gasteiger partial charge in [-0.05, 0) is 41.0 Å². The van der Waals surface area contributed by atoms with Gasteiger partial charge in [-0.1, -0.05) is 91.0 Å². The molecule has 33 heavy (non-hydrogen) atoms. The zero-order valence-electron chi connectivity index (χ0n) is 17.9. The van der Waals surface area contributed by atoms with Gasteiger partial charge in [0.15, 0.2) is 0 Å². The van der Waals surface area contributed by atoms with Crippen molar-refractivity contribution in [3.05, 3.63) is 138 Å². The van der Waals surface area contributed by atoms with Gasteiger partial charge in [0.1, 0.15) is 11.9 Å². The van der Waals surface area contributed by atoms with Gasteiger partial charge in [0.05, 0.1) is 23.4 Å². The van der Waals surface area contributed by atoms with Crippen molar-refractivity contribution in [2.75, 3.05) is 0 Å². The van der Waals surface area contributed by atoms with Crippen LogP contribution < -0.4 is 4.74 Å². The van der Waals surface area contributed by atoms with E-state index in [2.05, 4.69) is 65.6 Å². The number of ether oxygens (including phenoxy) is 1. The molecule has 4 aromatic carbocycles. The summed E-state index contributed by atoms with van der Waals surface area (Å²) in [6, 6.07) is 38.3. The fraction of sp³-hybridized carbons (Fsp3) is 0.103. The monoisotopic (exact) mass is 430 g/mol. The first-order valence-corrected chi connectivity index (χ1v) is 11.1. The lowest BCUT2D eigenvalue weighted by atomic mass is 10.0. The standard InChI is InChI=1S/C29H22N2O2/c32-29(23-14-8-3-9-15-23)33-24-18-16-21(17-19-24)26-27-25(20-10-4-1-5-11-20)30-28(31(26)27)22-12-6-2-7-13-22/h1-19,26-28H. The normalized spacial score (nSPS) is 22.8. The summed E-state index contributed by atoms with van der Waals surface area (Å²) in [5.41, 5.74) is 5.24. The Labute approximate surface area is 192 Å². The van der Waals surface area contributed by atoms with Gasteiger partial charge in [0.2, 0.25) is 0 Å². The van der Waals surface area contributed by atoms with Crippen LogP contribution in [0.5, 0.6) is 5.75 Å². The first-order valence-electron chi connectivity index (χ1n) is 11.1. The number of esters is 1. The van der Waals surface area contributed by atoms with Gasteiger partial charge in [0, 0.05) is 0 Å². The van der Waals surface area contributed by atoms with Crippen LogP contribution in [0.15, 0.2) is 120 Å². The average Bonchev–Trinajstić information content (AvgIpc) is 3.49. The van der Waals surface area contributed by atoms with Crippen LogP contribution >= 0.6 is 0 Å². The quantitative estimate of drug-likeness (QED) is 0.227. The molecule has 4 nitrogen and oxygen atoms in total. The lowest BCUT2D eigenvalue weighted by molar-refractivity contribution is 0.0734. The molecule has 4 atom stereocenters. The SMILES string of the molecule is O=C(Oc1ccc(C2C3C(c4ccccc4)=NC(c4ccccc4)N32)cc1)c1ccccc1. The van der Waals surface area contributed by atoms with Crippen LogP contribution in [0.4, 0.5) is 0 Å². The van der Waals surface area contributed by atoms with Crippen molar-refractivity contribution < 1.29 is 9.53 Å². The van der Waals surface area contributed by atoms with Gasteiger partial charge in [0.25, 0.3) is 0 Å². The van der Waals surface area contributed by atoms with Crippen LogP contribution in [0.1, 0.15) is 39.3 Å². The van der Waals surface area contributed by atoms with Gasteiger partial charge < -0.3 is 4.74 Å². The first kappa shape index (κ1) is 19.6. The zero-order chi connectivity index (χ0) is 22.2. The van der Waals surface area contributed by atoms with E-state index in [9.17, 15) is 4.79 Å². The molecule has 0 spiro atoms. The molecule has 1 saturated heterocycles. The topological polar surface area (TPSA) is 41.7 Å². The highest BCUT2D eigenvalue weighted by Gasteiger charge is 2.59. The maximum absolute atomic E-state index is 12.4. The molecule has 4 aromatic rings. The molecule has 4 unspecified atom stereocenters. The van der Waals surface area contributed by atoms with Crippen LogP contribution in [-0.2, 0) is 0 Å². The smallest absolute Gasteiger partial charge is 0.343 e. The Morgan fingerprint density at radius 2 is 1.27 bits per heavy atom. The third-order valence-electron chi connectivity index (χ3n) is 6.28. The summed E-state index contributed by atoms with van der Waals surface area (Å²) < 4.78 is 5.55. The number of fused-ring (bicyclic) bond motifs is 1. The maximum Gasteiger partial charge on any atom is 0.343 e. The highest BCUT2D eigenvalue weighted by atomic mass is 16.5. The second-order valence-corrected chi connectivity index (χ2v) is 8.33.